The molecular formula is C4H7N5O2. The molecule has 1 aromatic rings. The maximum absolute atomic E-state index is 10.8. The number of carbonyl (C=O) groups excluding carboxylic acids is 1. The number of aromatic amines is 1. The van der Waals surface area contributed by atoms with Gasteiger partial charge in [-0.05, 0) is 0 Å². The molecule has 11 heavy (non-hydrogen) atoms. The highest BCUT2D eigenvalue weighted by atomic mass is 16.6. The summed E-state index contributed by atoms with van der Waals surface area (Å²) in [4.78, 5) is 18.7. The van der Waals surface area contributed by atoms with Gasteiger partial charge in [-0.15, -0.1) is 5.10 Å². The van der Waals surface area contributed by atoms with Crippen LogP contribution in [0.1, 0.15) is 10.6 Å². The van der Waals surface area contributed by atoms with E-state index in [2.05, 4.69) is 20.0 Å². The summed E-state index contributed by atoms with van der Waals surface area (Å²) in [7, 11) is 1.32. The van der Waals surface area contributed by atoms with Gasteiger partial charge in [0.1, 0.15) is 0 Å². The first kappa shape index (κ1) is 7.48. The quantitative estimate of drug-likeness (QED) is 0.461. The molecule has 0 saturated heterocycles. The van der Waals surface area contributed by atoms with Crippen LogP contribution < -0.4 is 11.2 Å². The van der Waals surface area contributed by atoms with Gasteiger partial charge in [0, 0.05) is 0 Å². The molecule has 0 spiro atoms. The first-order chi connectivity index (χ1) is 5.24. The number of nitrogens with one attached hydrogen (secondary N) is 2. The average molecular weight is 157 g/mol. The van der Waals surface area contributed by atoms with Crippen LogP contribution in [0.2, 0.25) is 0 Å². The van der Waals surface area contributed by atoms with Crippen molar-refractivity contribution in [3.05, 3.63) is 5.82 Å². The summed E-state index contributed by atoms with van der Waals surface area (Å²) in [6, 6.07) is 0. The van der Waals surface area contributed by atoms with Crippen molar-refractivity contribution in [1.82, 2.24) is 20.7 Å². The van der Waals surface area contributed by atoms with Crippen molar-refractivity contribution in [3.8, 4) is 0 Å². The fourth-order valence-electron chi connectivity index (χ4n) is 0.517. The summed E-state index contributed by atoms with van der Waals surface area (Å²) < 4.78 is 0. The molecule has 0 fully saturated rings. The number of aromatic nitrogens is 3. The summed E-state index contributed by atoms with van der Waals surface area (Å²) in [5.74, 6) is -0.479. The van der Waals surface area contributed by atoms with Gasteiger partial charge in [-0.1, -0.05) is 0 Å². The summed E-state index contributed by atoms with van der Waals surface area (Å²) in [5.41, 5.74) is 7.19. The summed E-state index contributed by atoms with van der Waals surface area (Å²) in [6.07, 6.45) is 0. The molecule has 1 heterocycles. The molecule has 1 amide bonds. The van der Waals surface area contributed by atoms with Gasteiger partial charge in [-0.2, -0.15) is 4.98 Å². The fraction of sp³-hybridized carbons (Fsp3) is 0.250. The lowest BCUT2D eigenvalue weighted by Crippen LogP contribution is -2.23. The van der Waals surface area contributed by atoms with Crippen molar-refractivity contribution in [1.29, 1.82) is 0 Å². The number of nitrogens with two attached hydrogens (primary N) is 1. The molecule has 7 heteroatoms. The molecule has 0 bridgehead atoms. The van der Waals surface area contributed by atoms with Crippen molar-refractivity contribution in [3.63, 3.8) is 0 Å². The Hall–Kier alpha value is -1.63. The largest absolute Gasteiger partial charge is 0.366 e. The number of anilines is 1. The third-order valence-electron chi connectivity index (χ3n) is 0.913. The highest BCUT2D eigenvalue weighted by molar-refractivity contribution is 5.89. The maximum atomic E-state index is 10.8. The van der Waals surface area contributed by atoms with Gasteiger partial charge in [0.2, 0.25) is 11.8 Å². The van der Waals surface area contributed by atoms with Gasteiger partial charge >= 0.3 is 5.91 Å². The Bertz CT molecular complexity index is 257. The minimum absolute atomic E-state index is 0.0179. The second-order valence-corrected chi connectivity index (χ2v) is 1.68. The highest BCUT2D eigenvalue weighted by Gasteiger charge is 2.08. The van der Waals surface area contributed by atoms with E-state index in [9.17, 15) is 4.79 Å². The van der Waals surface area contributed by atoms with Gasteiger partial charge in [0.15, 0.2) is 0 Å². The van der Waals surface area contributed by atoms with E-state index in [1.54, 1.807) is 0 Å². The zero-order valence-electron chi connectivity index (χ0n) is 5.79. The first-order valence-electron chi connectivity index (χ1n) is 2.75. The van der Waals surface area contributed by atoms with Gasteiger partial charge in [0.05, 0.1) is 7.11 Å². The van der Waals surface area contributed by atoms with Crippen LogP contribution in [0, 0.1) is 0 Å². The Kier molecular flexibility index (Phi) is 2.02. The zero-order valence-corrected chi connectivity index (χ0v) is 5.79. The van der Waals surface area contributed by atoms with Crippen LogP contribution in [0.5, 0.6) is 0 Å². The molecule has 1 rings (SSSR count). The van der Waals surface area contributed by atoms with Crippen LogP contribution in [0.25, 0.3) is 0 Å². The first-order valence-corrected chi connectivity index (χ1v) is 2.75. The van der Waals surface area contributed by atoms with E-state index < -0.39 is 5.91 Å². The van der Waals surface area contributed by atoms with Crippen molar-refractivity contribution in [2.75, 3.05) is 12.8 Å². The lowest BCUT2D eigenvalue weighted by atomic mass is 10.6. The predicted octanol–water partition coefficient (Wildman–Crippen LogP) is -1.32. The molecular weight excluding hydrogens is 150 g/mol. The molecule has 0 saturated carbocycles. The number of hydrogen-bond donors (Lipinski definition) is 3. The molecule has 0 aromatic carbocycles. The third kappa shape index (κ3) is 1.64. The number of hydrogen-bond acceptors (Lipinski definition) is 5. The minimum Gasteiger partial charge on any atom is -0.366 e. The number of nitrogens with zero attached hydrogens (tertiary/aromatic N) is 2. The SMILES string of the molecule is CONC(=O)c1nc(N)n[nH]1. The number of hydroxylamine groups is 1. The monoisotopic (exact) mass is 157 g/mol. The van der Waals surface area contributed by atoms with Crippen molar-refractivity contribution in [2.45, 2.75) is 0 Å². The molecule has 60 valence electrons. The van der Waals surface area contributed by atoms with Crippen LogP contribution in [-0.2, 0) is 4.84 Å². The second kappa shape index (κ2) is 2.97. The molecule has 7 nitrogen and oxygen atoms in total. The minimum atomic E-state index is -0.517. The smallest absolute Gasteiger partial charge is 0.312 e. The molecule has 4 N–H and O–H groups in total. The Balaban J connectivity index is 2.69. The predicted molar refractivity (Wildman–Crippen MR) is 35.3 cm³/mol. The Morgan fingerprint density at radius 3 is 3.00 bits per heavy atom. The standard InChI is InChI=1S/C4H7N5O2/c1-11-9-3(10)2-6-4(5)8-7-2/h1H3,(H,9,10)(H3,5,6,7,8). The van der Waals surface area contributed by atoms with Crippen LogP contribution in [0.15, 0.2) is 0 Å². The van der Waals surface area contributed by atoms with E-state index in [1.807, 2.05) is 5.48 Å². The van der Waals surface area contributed by atoms with Crippen LogP contribution in [0.4, 0.5) is 5.95 Å². The van der Waals surface area contributed by atoms with E-state index in [0.717, 1.165) is 0 Å². The molecule has 0 radical (unpaired) electrons. The van der Waals surface area contributed by atoms with Crippen molar-refractivity contribution in [2.24, 2.45) is 0 Å². The zero-order chi connectivity index (χ0) is 8.27. The van der Waals surface area contributed by atoms with E-state index in [-0.39, 0.29) is 11.8 Å². The lowest BCUT2D eigenvalue weighted by Gasteiger charge is -1.94. The number of amides is 1. The summed E-state index contributed by atoms with van der Waals surface area (Å²) >= 11 is 0. The average Bonchev–Trinajstić information content (AvgIpc) is 2.36. The highest BCUT2D eigenvalue weighted by Crippen LogP contribution is 1.91. The van der Waals surface area contributed by atoms with E-state index in [4.69, 9.17) is 5.73 Å². The Morgan fingerprint density at radius 2 is 2.55 bits per heavy atom. The van der Waals surface area contributed by atoms with Crippen LogP contribution in [-0.4, -0.2) is 28.2 Å². The van der Waals surface area contributed by atoms with E-state index in [1.165, 1.54) is 7.11 Å². The fourth-order valence-corrected chi connectivity index (χ4v) is 0.517. The Morgan fingerprint density at radius 1 is 1.82 bits per heavy atom. The number of carbonyl (C=O) groups is 1. The van der Waals surface area contributed by atoms with Gasteiger partial charge < -0.3 is 5.73 Å². The molecule has 0 aliphatic carbocycles. The molecule has 0 atom stereocenters. The number of rotatable bonds is 2. The van der Waals surface area contributed by atoms with Gasteiger partial charge in [-0.3, -0.25) is 14.7 Å². The normalized spacial score (nSPS) is 9.55. The number of nitrogen functional groups attached to an aromatic ring is 1. The van der Waals surface area contributed by atoms with E-state index in [0.29, 0.717) is 0 Å². The van der Waals surface area contributed by atoms with Crippen LogP contribution in [0.3, 0.4) is 0 Å². The van der Waals surface area contributed by atoms with Crippen molar-refractivity contribution >= 4 is 11.9 Å². The molecule has 0 unspecified atom stereocenters. The third-order valence-corrected chi connectivity index (χ3v) is 0.913. The van der Waals surface area contributed by atoms with Crippen LogP contribution >= 0.6 is 0 Å². The van der Waals surface area contributed by atoms with E-state index >= 15 is 0 Å². The summed E-state index contributed by atoms with van der Waals surface area (Å²) in [5, 5.41) is 5.76. The Labute approximate surface area is 61.9 Å². The molecule has 0 aliphatic rings. The van der Waals surface area contributed by atoms with Gasteiger partial charge in [0.25, 0.3) is 0 Å². The molecule has 0 aliphatic heterocycles. The second-order valence-electron chi connectivity index (χ2n) is 1.68. The number of H-pyrrole nitrogens is 1. The molecule has 1 aromatic heterocycles. The topological polar surface area (TPSA) is 106 Å². The van der Waals surface area contributed by atoms with Gasteiger partial charge in [-0.25, -0.2) is 5.48 Å². The van der Waals surface area contributed by atoms with Crippen molar-refractivity contribution < 1.29 is 9.63 Å². The maximum Gasteiger partial charge on any atom is 0.312 e. The summed E-state index contributed by atoms with van der Waals surface area (Å²) in [6.45, 7) is 0. The lowest BCUT2D eigenvalue weighted by molar-refractivity contribution is 0.0527.